The quantitative estimate of drug-likeness (QED) is 0.675. The molecule has 0 aliphatic carbocycles. The number of benzene rings is 1. The van der Waals surface area contributed by atoms with Crippen molar-refractivity contribution in [2.45, 2.75) is 39.3 Å². The highest BCUT2D eigenvalue weighted by atomic mass is 19.1. The Balaban J connectivity index is 1.91. The number of amides is 3. The van der Waals surface area contributed by atoms with Crippen molar-refractivity contribution in [1.29, 1.82) is 0 Å². The van der Waals surface area contributed by atoms with Crippen LogP contribution >= 0.6 is 0 Å². The van der Waals surface area contributed by atoms with E-state index in [9.17, 15) is 23.9 Å². The van der Waals surface area contributed by atoms with E-state index in [-0.39, 0.29) is 30.7 Å². The predicted octanol–water partition coefficient (Wildman–Crippen LogP) is 1.97. The number of nitrogens with one attached hydrogen (secondary N) is 2. The molecule has 7 nitrogen and oxygen atoms in total. The van der Waals surface area contributed by atoms with Crippen LogP contribution in [0.2, 0.25) is 0 Å². The van der Waals surface area contributed by atoms with Crippen molar-refractivity contribution in [3.63, 3.8) is 0 Å². The number of aliphatic carboxylic acids is 1. The average Bonchev–Trinajstić information content (AvgIpc) is 3.02. The summed E-state index contributed by atoms with van der Waals surface area (Å²) in [5.41, 5.74) is 0.739. The van der Waals surface area contributed by atoms with Gasteiger partial charge in [-0.15, -0.1) is 0 Å². The van der Waals surface area contributed by atoms with Crippen LogP contribution in [0.15, 0.2) is 24.3 Å². The van der Waals surface area contributed by atoms with Crippen LogP contribution in [-0.4, -0.2) is 47.0 Å². The Morgan fingerprint density at radius 3 is 2.48 bits per heavy atom. The van der Waals surface area contributed by atoms with Crippen LogP contribution < -0.4 is 10.6 Å². The second kappa shape index (κ2) is 9.34. The molecule has 3 atom stereocenters. The first-order valence-corrected chi connectivity index (χ1v) is 9.12. The summed E-state index contributed by atoms with van der Waals surface area (Å²) in [7, 11) is 0. The summed E-state index contributed by atoms with van der Waals surface area (Å²) >= 11 is 0. The Morgan fingerprint density at radius 1 is 1.26 bits per heavy atom. The van der Waals surface area contributed by atoms with Gasteiger partial charge in [-0.25, -0.2) is 9.18 Å². The van der Waals surface area contributed by atoms with Crippen molar-refractivity contribution in [2.24, 2.45) is 11.8 Å². The Bertz CT molecular complexity index is 680. The van der Waals surface area contributed by atoms with Gasteiger partial charge in [-0.3, -0.25) is 9.59 Å². The van der Waals surface area contributed by atoms with Gasteiger partial charge >= 0.3 is 12.0 Å². The van der Waals surface area contributed by atoms with Gasteiger partial charge in [-0.2, -0.15) is 0 Å². The maximum atomic E-state index is 12.9. The zero-order chi connectivity index (χ0) is 20.0. The van der Waals surface area contributed by atoms with Gasteiger partial charge < -0.3 is 20.6 Å². The Hall–Kier alpha value is -2.64. The molecule has 27 heavy (non-hydrogen) atoms. The molecule has 1 saturated heterocycles. The smallest absolute Gasteiger partial charge is 0.315 e. The lowest BCUT2D eigenvalue weighted by Gasteiger charge is -2.24. The SMILES string of the molecule is CCCC(NC(=O)NCc1ccc(F)cc1)C(=O)N1C[C@@H](C)[C@H](C(=O)O)C1. The summed E-state index contributed by atoms with van der Waals surface area (Å²) in [5.74, 6) is -2.22. The molecule has 1 aromatic rings. The molecule has 3 amide bonds. The fourth-order valence-electron chi connectivity index (χ4n) is 3.23. The van der Waals surface area contributed by atoms with Gasteiger partial charge in [-0.05, 0) is 30.0 Å². The van der Waals surface area contributed by atoms with E-state index in [1.54, 1.807) is 12.1 Å². The van der Waals surface area contributed by atoms with Gasteiger partial charge in [0.05, 0.1) is 5.92 Å². The number of halogens is 1. The number of nitrogens with zero attached hydrogens (tertiary/aromatic N) is 1. The summed E-state index contributed by atoms with van der Waals surface area (Å²) in [5, 5.41) is 14.5. The van der Waals surface area contributed by atoms with Gasteiger partial charge in [0.25, 0.3) is 0 Å². The molecule has 1 unspecified atom stereocenters. The number of rotatable bonds is 7. The van der Waals surface area contributed by atoms with Gasteiger partial charge in [0, 0.05) is 19.6 Å². The molecule has 8 heteroatoms. The molecule has 0 bridgehead atoms. The highest BCUT2D eigenvalue weighted by molar-refractivity contribution is 5.88. The first-order valence-electron chi connectivity index (χ1n) is 9.12. The van der Waals surface area contributed by atoms with Gasteiger partial charge in [0.1, 0.15) is 11.9 Å². The third-order valence-electron chi connectivity index (χ3n) is 4.79. The Kier molecular flexibility index (Phi) is 7.15. The topological polar surface area (TPSA) is 98.7 Å². The van der Waals surface area contributed by atoms with Crippen LogP contribution in [0.3, 0.4) is 0 Å². The molecular weight excluding hydrogens is 353 g/mol. The van der Waals surface area contributed by atoms with Crippen molar-refractivity contribution < 1.29 is 23.9 Å². The summed E-state index contributed by atoms with van der Waals surface area (Å²) in [6.45, 7) is 4.46. The molecular formula is C19H26FN3O4. The number of hydrogen-bond acceptors (Lipinski definition) is 3. The summed E-state index contributed by atoms with van der Waals surface area (Å²) in [6, 6.07) is 4.57. The number of carboxylic acids is 1. The van der Waals surface area contributed by atoms with E-state index in [1.165, 1.54) is 17.0 Å². The van der Waals surface area contributed by atoms with E-state index in [2.05, 4.69) is 10.6 Å². The largest absolute Gasteiger partial charge is 0.481 e. The maximum absolute atomic E-state index is 12.9. The number of carboxylic acid groups (broad SMARTS) is 1. The summed E-state index contributed by atoms with van der Waals surface area (Å²) in [4.78, 5) is 37.7. The molecule has 0 spiro atoms. The zero-order valence-electron chi connectivity index (χ0n) is 15.6. The highest BCUT2D eigenvalue weighted by Gasteiger charge is 2.39. The number of carbonyl (C=O) groups excluding carboxylic acids is 2. The van der Waals surface area contributed by atoms with Crippen molar-refractivity contribution >= 4 is 17.9 Å². The third kappa shape index (κ3) is 5.67. The van der Waals surface area contributed by atoms with Crippen LogP contribution in [0.25, 0.3) is 0 Å². The van der Waals surface area contributed by atoms with Crippen molar-refractivity contribution in [2.75, 3.05) is 13.1 Å². The number of likely N-dealkylation sites (tertiary alicyclic amines) is 1. The van der Waals surface area contributed by atoms with Crippen molar-refractivity contribution in [1.82, 2.24) is 15.5 Å². The first kappa shape index (κ1) is 20.7. The zero-order valence-corrected chi connectivity index (χ0v) is 15.6. The average molecular weight is 379 g/mol. The van der Waals surface area contributed by atoms with Crippen molar-refractivity contribution in [3.8, 4) is 0 Å². The minimum absolute atomic E-state index is 0.124. The molecule has 0 radical (unpaired) electrons. The highest BCUT2D eigenvalue weighted by Crippen LogP contribution is 2.24. The van der Waals surface area contributed by atoms with Crippen LogP contribution in [-0.2, 0) is 16.1 Å². The molecule has 3 N–H and O–H groups in total. The first-order chi connectivity index (χ1) is 12.8. The van der Waals surface area contributed by atoms with E-state index in [1.807, 2.05) is 13.8 Å². The van der Waals surface area contributed by atoms with E-state index >= 15 is 0 Å². The summed E-state index contributed by atoms with van der Waals surface area (Å²) < 4.78 is 12.9. The van der Waals surface area contributed by atoms with Gasteiger partial charge in [0.2, 0.25) is 5.91 Å². The van der Waals surface area contributed by atoms with Crippen LogP contribution in [0, 0.1) is 17.7 Å². The van der Waals surface area contributed by atoms with Crippen molar-refractivity contribution in [3.05, 3.63) is 35.6 Å². The molecule has 0 saturated carbocycles. The minimum Gasteiger partial charge on any atom is -0.481 e. The van der Waals surface area contributed by atoms with E-state index in [4.69, 9.17) is 0 Å². The van der Waals surface area contributed by atoms with Crippen LogP contribution in [0.5, 0.6) is 0 Å². The molecule has 1 aliphatic rings. The van der Waals surface area contributed by atoms with Crippen LogP contribution in [0.4, 0.5) is 9.18 Å². The maximum Gasteiger partial charge on any atom is 0.315 e. The molecule has 1 fully saturated rings. The molecule has 0 aromatic heterocycles. The molecule has 2 rings (SSSR count). The molecule has 148 valence electrons. The van der Waals surface area contributed by atoms with E-state index in [0.29, 0.717) is 19.4 Å². The number of urea groups is 1. The van der Waals surface area contributed by atoms with E-state index < -0.39 is 24.0 Å². The lowest BCUT2D eigenvalue weighted by atomic mass is 9.99. The molecule has 1 aromatic carbocycles. The Labute approximate surface area is 157 Å². The second-order valence-corrected chi connectivity index (χ2v) is 6.96. The molecule has 1 aliphatic heterocycles. The lowest BCUT2D eigenvalue weighted by Crippen LogP contribution is -2.50. The minimum atomic E-state index is -0.908. The van der Waals surface area contributed by atoms with Gasteiger partial charge in [-0.1, -0.05) is 32.4 Å². The normalized spacial score (nSPS) is 20.2. The Morgan fingerprint density at radius 2 is 1.93 bits per heavy atom. The fourth-order valence-corrected chi connectivity index (χ4v) is 3.23. The fraction of sp³-hybridized carbons (Fsp3) is 0.526. The summed E-state index contributed by atoms with van der Waals surface area (Å²) in [6.07, 6.45) is 1.16. The second-order valence-electron chi connectivity index (χ2n) is 6.96. The lowest BCUT2D eigenvalue weighted by molar-refractivity contribution is -0.142. The van der Waals surface area contributed by atoms with Crippen LogP contribution in [0.1, 0.15) is 32.3 Å². The molecule has 1 heterocycles. The number of hydrogen-bond donors (Lipinski definition) is 3. The predicted molar refractivity (Wildman–Crippen MR) is 97.3 cm³/mol. The number of carbonyl (C=O) groups is 3. The standard InChI is InChI=1S/C19H26FN3O4/c1-3-4-16(17(24)23-10-12(2)15(11-23)18(25)26)22-19(27)21-9-13-5-7-14(20)8-6-13/h5-8,12,15-16H,3-4,9-11H2,1-2H3,(H,25,26)(H2,21,22,27)/t12-,15-,16?/m1/s1. The third-order valence-corrected chi connectivity index (χ3v) is 4.79. The van der Waals surface area contributed by atoms with E-state index in [0.717, 1.165) is 5.56 Å². The van der Waals surface area contributed by atoms with Gasteiger partial charge in [0.15, 0.2) is 0 Å². The monoisotopic (exact) mass is 379 g/mol.